The molecule has 1 atom stereocenters. The number of benzene rings is 2. The first-order chi connectivity index (χ1) is 14.0. The molecule has 1 amide bonds. The number of methoxy groups -OCH3 is 2. The Morgan fingerprint density at radius 3 is 2.59 bits per heavy atom. The highest BCUT2D eigenvalue weighted by molar-refractivity contribution is 7.19. The number of hydrogen-bond acceptors (Lipinski definition) is 7. The molecule has 0 radical (unpaired) electrons. The van der Waals surface area contributed by atoms with Crippen molar-refractivity contribution in [3.63, 3.8) is 0 Å². The van der Waals surface area contributed by atoms with Crippen LogP contribution in [-0.2, 0) is 14.3 Å². The van der Waals surface area contributed by atoms with Crippen molar-refractivity contribution in [1.29, 1.82) is 0 Å². The minimum Gasteiger partial charge on any atom is -0.493 e. The van der Waals surface area contributed by atoms with Gasteiger partial charge in [-0.3, -0.25) is 4.79 Å². The molecule has 7 nitrogen and oxygen atoms in total. The van der Waals surface area contributed by atoms with E-state index in [9.17, 15) is 9.59 Å². The summed E-state index contributed by atoms with van der Waals surface area (Å²) in [5, 5.41) is 3.36. The van der Waals surface area contributed by atoms with Crippen LogP contribution in [-0.4, -0.2) is 37.2 Å². The average Bonchev–Trinajstić information content (AvgIpc) is 3.15. The zero-order valence-corrected chi connectivity index (χ0v) is 17.0. The third-order valence-electron chi connectivity index (χ3n) is 3.99. The first kappa shape index (κ1) is 20.3. The summed E-state index contributed by atoms with van der Waals surface area (Å²) in [6, 6.07) is 12.7. The van der Waals surface area contributed by atoms with E-state index in [4.69, 9.17) is 14.2 Å². The Labute approximate surface area is 171 Å². The number of thiazole rings is 1. The van der Waals surface area contributed by atoms with Gasteiger partial charge in [0.25, 0.3) is 5.91 Å². The summed E-state index contributed by atoms with van der Waals surface area (Å²) in [7, 11) is 3.03. The zero-order valence-electron chi connectivity index (χ0n) is 16.2. The fraction of sp³-hybridized carbons (Fsp3) is 0.190. The van der Waals surface area contributed by atoms with Gasteiger partial charge in [0.1, 0.15) is 5.01 Å². The normalized spacial score (nSPS) is 12.0. The predicted molar refractivity (Wildman–Crippen MR) is 112 cm³/mol. The lowest BCUT2D eigenvalue weighted by atomic mass is 10.2. The van der Waals surface area contributed by atoms with Gasteiger partial charge >= 0.3 is 5.97 Å². The third kappa shape index (κ3) is 5.11. The number of rotatable bonds is 7. The van der Waals surface area contributed by atoms with E-state index in [1.54, 1.807) is 24.3 Å². The fourth-order valence-electron chi connectivity index (χ4n) is 2.53. The van der Waals surface area contributed by atoms with E-state index in [2.05, 4.69) is 10.3 Å². The maximum Gasteiger partial charge on any atom is 0.331 e. The van der Waals surface area contributed by atoms with Gasteiger partial charge in [-0.1, -0.05) is 12.1 Å². The first-order valence-electron chi connectivity index (χ1n) is 8.77. The van der Waals surface area contributed by atoms with Crippen LogP contribution in [0.25, 0.3) is 16.3 Å². The van der Waals surface area contributed by atoms with E-state index in [1.165, 1.54) is 38.6 Å². The van der Waals surface area contributed by atoms with Crippen LogP contribution < -0.4 is 14.8 Å². The monoisotopic (exact) mass is 412 g/mol. The second-order valence-corrected chi connectivity index (χ2v) is 7.05. The van der Waals surface area contributed by atoms with E-state index in [-0.39, 0.29) is 0 Å². The number of hydrogen-bond donors (Lipinski definition) is 1. The molecule has 1 N–H and O–H groups in total. The van der Waals surface area contributed by atoms with E-state index >= 15 is 0 Å². The highest BCUT2D eigenvalue weighted by Crippen LogP contribution is 2.29. The number of ether oxygens (including phenoxy) is 3. The summed E-state index contributed by atoms with van der Waals surface area (Å²) in [4.78, 5) is 28.7. The van der Waals surface area contributed by atoms with Crippen molar-refractivity contribution in [3.05, 3.63) is 53.5 Å². The van der Waals surface area contributed by atoms with Gasteiger partial charge in [0.2, 0.25) is 0 Å². The van der Waals surface area contributed by atoms with Crippen molar-refractivity contribution in [2.75, 3.05) is 19.5 Å². The molecular formula is C21H20N2O5S. The van der Waals surface area contributed by atoms with Gasteiger partial charge in [-0.05, 0) is 37.3 Å². The van der Waals surface area contributed by atoms with Crippen LogP contribution in [0.1, 0.15) is 11.9 Å². The van der Waals surface area contributed by atoms with Crippen molar-refractivity contribution in [3.8, 4) is 11.5 Å². The summed E-state index contributed by atoms with van der Waals surface area (Å²) < 4.78 is 16.6. The summed E-state index contributed by atoms with van der Waals surface area (Å²) in [6.45, 7) is 1.50. The van der Waals surface area contributed by atoms with Crippen LogP contribution in [0.4, 0.5) is 5.69 Å². The molecule has 0 unspecified atom stereocenters. The maximum absolute atomic E-state index is 12.3. The molecule has 0 aliphatic heterocycles. The molecule has 3 aromatic rings. The highest BCUT2D eigenvalue weighted by atomic mass is 32.1. The molecule has 1 heterocycles. The second-order valence-electron chi connectivity index (χ2n) is 5.99. The standard InChI is InChI=1S/C21H20N2O5S/c1-13(21(25)22-14-8-9-16(26-2)17(12-14)27-3)28-20(24)11-10-19-23-15-6-4-5-7-18(15)29-19/h4-13H,1-3H3,(H,22,25)/b11-10+/t13-/m1/s1. The molecule has 1 aromatic heterocycles. The number of fused-ring (bicyclic) bond motifs is 1. The van der Waals surface area contributed by atoms with Crippen LogP contribution in [0.3, 0.4) is 0 Å². The Hall–Kier alpha value is -3.39. The fourth-order valence-corrected chi connectivity index (χ4v) is 3.40. The number of aromatic nitrogens is 1. The van der Waals surface area contributed by atoms with Crippen molar-refractivity contribution in [2.45, 2.75) is 13.0 Å². The van der Waals surface area contributed by atoms with Crippen molar-refractivity contribution in [1.82, 2.24) is 4.98 Å². The SMILES string of the molecule is COc1ccc(NC(=O)[C@@H](C)OC(=O)/C=C/c2nc3ccccc3s2)cc1OC. The summed E-state index contributed by atoms with van der Waals surface area (Å²) >= 11 is 1.47. The van der Waals surface area contributed by atoms with Gasteiger partial charge in [-0.15, -0.1) is 11.3 Å². The molecule has 0 fully saturated rings. The van der Waals surface area contributed by atoms with Crippen LogP contribution >= 0.6 is 11.3 Å². The first-order valence-corrected chi connectivity index (χ1v) is 9.59. The lowest BCUT2D eigenvalue weighted by Crippen LogP contribution is -2.29. The number of amides is 1. The Morgan fingerprint density at radius 1 is 1.10 bits per heavy atom. The zero-order chi connectivity index (χ0) is 20.8. The van der Waals surface area contributed by atoms with Gasteiger partial charge in [0.05, 0.1) is 24.4 Å². The molecule has 0 bridgehead atoms. The van der Waals surface area contributed by atoms with Crippen molar-refractivity contribution < 1.29 is 23.8 Å². The number of anilines is 1. The second kappa shape index (κ2) is 9.20. The van der Waals surface area contributed by atoms with E-state index in [0.29, 0.717) is 22.2 Å². The minimum absolute atomic E-state index is 0.459. The van der Waals surface area contributed by atoms with Gasteiger partial charge in [0, 0.05) is 17.8 Å². The molecule has 8 heteroatoms. The summed E-state index contributed by atoms with van der Waals surface area (Å²) in [5.74, 6) is -0.0585. The predicted octanol–water partition coefficient (Wildman–Crippen LogP) is 3.90. The molecule has 0 aliphatic carbocycles. The Morgan fingerprint density at radius 2 is 1.86 bits per heavy atom. The Kier molecular flexibility index (Phi) is 6.46. The molecule has 150 valence electrons. The number of nitrogens with zero attached hydrogens (tertiary/aromatic N) is 1. The maximum atomic E-state index is 12.3. The van der Waals surface area contributed by atoms with Crippen LogP contribution in [0.5, 0.6) is 11.5 Å². The molecule has 29 heavy (non-hydrogen) atoms. The van der Waals surface area contributed by atoms with Crippen LogP contribution in [0, 0.1) is 0 Å². The molecular weight excluding hydrogens is 392 g/mol. The largest absolute Gasteiger partial charge is 0.493 e. The number of esters is 1. The van der Waals surface area contributed by atoms with Gasteiger partial charge in [-0.2, -0.15) is 0 Å². The summed E-state index contributed by atoms with van der Waals surface area (Å²) in [5.41, 5.74) is 1.37. The molecule has 0 spiro atoms. The third-order valence-corrected chi connectivity index (χ3v) is 4.99. The Bertz CT molecular complexity index is 1030. The van der Waals surface area contributed by atoms with Gasteiger partial charge in [-0.25, -0.2) is 9.78 Å². The molecule has 0 aliphatic rings. The van der Waals surface area contributed by atoms with Crippen LogP contribution in [0.2, 0.25) is 0 Å². The topological polar surface area (TPSA) is 86.8 Å². The molecule has 2 aromatic carbocycles. The average molecular weight is 412 g/mol. The number of carbonyl (C=O) groups excluding carboxylic acids is 2. The van der Waals surface area contributed by atoms with Gasteiger partial charge < -0.3 is 19.5 Å². The quantitative estimate of drug-likeness (QED) is 0.468. The molecule has 3 rings (SSSR count). The summed E-state index contributed by atoms with van der Waals surface area (Å²) in [6.07, 6.45) is 1.86. The number of nitrogens with one attached hydrogen (secondary N) is 1. The highest BCUT2D eigenvalue weighted by Gasteiger charge is 2.17. The van der Waals surface area contributed by atoms with Crippen LogP contribution in [0.15, 0.2) is 48.5 Å². The Balaban J connectivity index is 1.58. The smallest absolute Gasteiger partial charge is 0.331 e. The number of carbonyl (C=O) groups is 2. The van der Waals surface area contributed by atoms with E-state index < -0.39 is 18.0 Å². The van der Waals surface area contributed by atoms with Gasteiger partial charge in [0.15, 0.2) is 17.6 Å². The van der Waals surface area contributed by atoms with Crippen molar-refractivity contribution in [2.24, 2.45) is 0 Å². The number of para-hydroxylation sites is 1. The molecule has 0 saturated heterocycles. The lowest BCUT2D eigenvalue weighted by Gasteiger charge is -2.14. The molecule has 0 saturated carbocycles. The van der Waals surface area contributed by atoms with E-state index in [1.807, 2.05) is 24.3 Å². The minimum atomic E-state index is -0.976. The lowest BCUT2D eigenvalue weighted by molar-refractivity contribution is -0.148. The van der Waals surface area contributed by atoms with Crippen molar-refractivity contribution >= 4 is 45.2 Å². The van der Waals surface area contributed by atoms with E-state index in [0.717, 1.165) is 10.2 Å².